The SMILES string of the molecule is O=C(NC1CC1)c1nc2c(s1)C[C@H](NC(=O)C1CCCC1)CC2. The lowest BCUT2D eigenvalue weighted by Gasteiger charge is -2.23. The van der Waals surface area contributed by atoms with Crippen molar-refractivity contribution >= 4 is 23.2 Å². The molecule has 0 aromatic carbocycles. The van der Waals surface area contributed by atoms with Crippen LogP contribution in [0.3, 0.4) is 0 Å². The van der Waals surface area contributed by atoms with Gasteiger partial charge in [0.25, 0.3) is 5.91 Å². The Hall–Kier alpha value is -1.43. The topological polar surface area (TPSA) is 71.1 Å². The third-order valence-electron chi connectivity index (χ3n) is 5.12. The molecule has 3 aliphatic rings. The highest BCUT2D eigenvalue weighted by molar-refractivity contribution is 7.13. The van der Waals surface area contributed by atoms with E-state index in [-0.39, 0.29) is 23.8 Å². The van der Waals surface area contributed by atoms with Crippen molar-refractivity contribution in [2.45, 2.75) is 69.9 Å². The molecule has 2 N–H and O–H groups in total. The molecule has 1 heterocycles. The fourth-order valence-corrected chi connectivity index (χ4v) is 4.67. The highest BCUT2D eigenvalue weighted by Gasteiger charge is 2.30. The van der Waals surface area contributed by atoms with E-state index in [4.69, 9.17) is 0 Å². The largest absolute Gasteiger partial charge is 0.353 e. The van der Waals surface area contributed by atoms with Gasteiger partial charge in [-0.15, -0.1) is 11.3 Å². The van der Waals surface area contributed by atoms with Gasteiger partial charge in [-0.2, -0.15) is 0 Å². The molecule has 0 aliphatic heterocycles. The molecule has 0 saturated heterocycles. The summed E-state index contributed by atoms with van der Waals surface area (Å²) in [5, 5.41) is 6.81. The van der Waals surface area contributed by atoms with Crippen LogP contribution in [-0.4, -0.2) is 28.9 Å². The van der Waals surface area contributed by atoms with Crippen molar-refractivity contribution in [2.75, 3.05) is 0 Å². The van der Waals surface area contributed by atoms with E-state index in [0.29, 0.717) is 11.0 Å². The first-order chi connectivity index (χ1) is 11.2. The molecule has 0 radical (unpaired) electrons. The van der Waals surface area contributed by atoms with Gasteiger partial charge in [0.05, 0.1) is 5.69 Å². The fraction of sp³-hybridized carbons (Fsp3) is 0.706. The third-order valence-corrected chi connectivity index (χ3v) is 6.24. The molecule has 1 aromatic rings. The van der Waals surface area contributed by atoms with Gasteiger partial charge in [0, 0.05) is 29.3 Å². The minimum Gasteiger partial charge on any atom is -0.353 e. The van der Waals surface area contributed by atoms with E-state index >= 15 is 0 Å². The fourth-order valence-electron chi connectivity index (χ4n) is 3.58. The Kier molecular flexibility index (Phi) is 4.09. The Bertz CT molecular complexity index is 617. The van der Waals surface area contributed by atoms with Crippen molar-refractivity contribution in [3.63, 3.8) is 0 Å². The minimum absolute atomic E-state index is 0.0292. The zero-order chi connectivity index (χ0) is 15.8. The lowest BCUT2D eigenvalue weighted by atomic mass is 9.96. The molecule has 2 fully saturated rings. The molecule has 0 spiro atoms. The van der Waals surface area contributed by atoms with E-state index in [1.54, 1.807) is 0 Å². The van der Waals surface area contributed by atoms with E-state index in [1.807, 2.05) is 0 Å². The molecule has 1 atom stereocenters. The number of amides is 2. The molecule has 0 unspecified atom stereocenters. The van der Waals surface area contributed by atoms with Crippen molar-refractivity contribution in [3.8, 4) is 0 Å². The maximum Gasteiger partial charge on any atom is 0.280 e. The second kappa shape index (κ2) is 6.23. The summed E-state index contributed by atoms with van der Waals surface area (Å²) in [4.78, 5) is 30.1. The summed E-state index contributed by atoms with van der Waals surface area (Å²) in [5.74, 6) is 0.420. The van der Waals surface area contributed by atoms with Crippen LogP contribution in [0, 0.1) is 5.92 Å². The van der Waals surface area contributed by atoms with Gasteiger partial charge in [0.15, 0.2) is 5.01 Å². The molecule has 2 amide bonds. The number of hydrogen-bond donors (Lipinski definition) is 2. The molecule has 6 heteroatoms. The number of fused-ring (bicyclic) bond motifs is 1. The van der Waals surface area contributed by atoms with Crippen LogP contribution < -0.4 is 10.6 Å². The zero-order valence-corrected chi connectivity index (χ0v) is 14.1. The molecule has 0 bridgehead atoms. The predicted octanol–water partition coefficient (Wildman–Crippen LogP) is 2.20. The summed E-state index contributed by atoms with van der Waals surface area (Å²) in [6.07, 6.45) is 9.23. The monoisotopic (exact) mass is 333 g/mol. The van der Waals surface area contributed by atoms with E-state index in [2.05, 4.69) is 15.6 Å². The van der Waals surface area contributed by atoms with Crippen molar-refractivity contribution in [2.24, 2.45) is 5.92 Å². The number of carbonyl (C=O) groups excluding carboxylic acids is 2. The van der Waals surface area contributed by atoms with E-state index in [0.717, 1.165) is 50.6 Å². The van der Waals surface area contributed by atoms with Crippen LogP contribution in [0.4, 0.5) is 0 Å². The van der Waals surface area contributed by atoms with E-state index < -0.39 is 0 Å². The van der Waals surface area contributed by atoms with Crippen LogP contribution in [0.15, 0.2) is 0 Å². The lowest BCUT2D eigenvalue weighted by Crippen LogP contribution is -2.41. The standard InChI is InChI=1S/C17H23N3O2S/c21-15(10-3-1-2-4-10)19-12-7-8-13-14(9-12)23-17(20-13)16(22)18-11-5-6-11/h10-12H,1-9H2,(H,18,22)(H,19,21)/t12-/m1/s1. The number of aromatic nitrogens is 1. The maximum atomic E-state index is 12.3. The molecule has 23 heavy (non-hydrogen) atoms. The number of nitrogens with zero attached hydrogens (tertiary/aromatic N) is 1. The first-order valence-corrected chi connectivity index (χ1v) is 9.60. The predicted molar refractivity (Wildman–Crippen MR) is 88.5 cm³/mol. The van der Waals surface area contributed by atoms with Gasteiger partial charge in [-0.1, -0.05) is 12.8 Å². The first kappa shape index (κ1) is 15.1. The van der Waals surface area contributed by atoms with Gasteiger partial charge in [-0.3, -0.25) is 9.59 Å². The summed E-state index contributed by atoms with van der Waals surface area (Å²) in [5.41, 5.74) is 1.06. The normalized spacial score (nSPS) is 24.3. The molecule has 1 aromatic heterocycles. The molecular formula is C17H23N3O2S. The summed E-state index contributed by atoms with van der Waals surface area (Å²) in [6.45, 7) is 0. The van der Waals surface area contributed by atoms with Crippen LogP contribution in [-0.2, 0) is 17.6 Å². The highest BCUT2D eigenvalue weighted by atomic mass is 32.1. The van der Waals surface area contributed by atoms with Crippen LogP contribution >= 0.6 is 11.3 Å². The molecule has 5 nitrogen and oxygen atoms in total. The summed E-state index contributed by atoms with van der Waals surface area (Å²) < 4.78 is 0. The number of hydrogen-bond acceptors (Lipinski definition) is 4. The summed E-state index contributed by atoms with van der Waals surface area (Å²) >= 11 is 1.50. The van der Waals surface area contributed by atoms with Crippen molar-refractivity contribution < 1.29 is 9.59 Å². The third kappa shape index (κ3) is 3.42. The number of rotatable bonds is 4. The van der Waals surface area contributed by atoms with Crippen LogP contribution in [0.1, 0.15) is 65.3 Å². The number of nitrogens with one attached hydrogen (secondary N) is 2. The summed E-state index contributed by atoms with van der Waals surface area (Å²) in [7, 11) is 0. The van der Waals surface area contributed by atoms with Gasteiger partial charge in [0.2, 0.25) is 5.91 Å². The lowest BCUT2D eigenvalue weighted by molar-refractivity contribution is -0.125. The van der Waals surface area contributed by atoms with E-state index in [9.17, 15) is 9.59 Å². The van der Waals surface area contributed by atoms with Crippen molar-refractivity contribution in [3.05, 3.63) is 15.6 Å². The number of thiazole rings is 1. The van der Waals surface area contributed by atoms with Gasteiger partial charge in [-0.25, -0.2) is 4.98 Å². The van der Waals surface area contributed by atoms with Gasteiger partial charge in [-0.05, 0) is 38.5 Å². The molecule has 4 rings (SSSR count). The van der Waals surface area contributed by atoms with Crippen LogP contribution in [0.2, 0.25) is 0 Å². The van der Waals surface area contributed by atoms with Crippen molar-refractivity contribution in [1.82, 2.24) is 15.6 Å². The van der Waals surface area contributed by atoms with Crippen LogP contribution in [0.25, 0.3) is 0 Å². The minimum atomic E-state index is -0.0292. The Morgan fingerprint density at radius 3 is 2.52 bits per heavy atom. The number of aryl methyl sites for hydroxylation is 1. The molecular weight excluding hydrogens is 310 g/mol. The molecule has 2 saturated carbocycles. The molecule has 3 aliphatic carbocycles. The number of carbonyl (C=O) groups is 2. The second-order valence-corrected chi connectivity index (χ2v) is 8.15. The Labute approximate surface area is 140 Å². The maximum absolute atomic E-state index is 12.3. The van der Waals surface area contributed by atoms with Crippen LogP contribution in [0.5, 0.6) is 0 Å². The van der Waals surface area contributed by atoms with Gasteiger partial charge in [0.1, 0.15) is 0 Å². The Morgan fingerprint density at radius 2 is 1.78 bits per heavy atom. The first-order valence-electron chi connectivity index (χ1n) is 8.79. The Morgan fingerprint density at radius 1 is 1.00 bits per heavy atom. The molecule has 124 valence electrons. The van der Waals surface area contributed by atoms with Gasteiger partial charge < -0.3 is 10.6 Å². The van der Waals surface area contributed by atoms with E-state index in [1.165, 1.54) is 29.1 Å². The Balaban J connectivity index is 1.37. The quantitative estimate of drug-likeness (QED) is 0.887. The summed E-state index contributed by atoms with van der Waals surface area (Å²) in [6, 6.07) is 0.567. The average Bonchev–Trinajstić information content (AvgIpc) is 3.05. The second-order valence-electron chi connectivity index (χ2n) is 7.07. The zero-order valence-electron chi connectivity index (χ0n) is 13.3. The highest BCUT2D eigenvalue weighted by Crippen LogP contribution is 2.29. The smallest absolute Gasteiger partial charge is 0.280 e. The van der Waals surface area contributed by atoms with Gasteiger partial charge >= 0.3 is 0 Å². The average molecular weight is 333 g/mol. The van der Waals surface area contributed by atoms with Crippen molar-refractivity contribution in [1.29, 1.82) is 0 Å².